The van der Waals surface area contributed by atoms with Gasteiger partial charge >= 0.3 is 7.12 Å². The van der Waals surface area contributed by atoms with Crippen molar-refractivity contribution >= 4 is 18.5 Å². The Kier molecular flexibility index (Phi) is 7.54. The molecule has 0 amide bonds. The molecule has 1 aliphatic heterocycles. The van der Waals surface area contributed by atoms with E-state index in [1.807, 2.05) is 0 Å². The van der Waals surface area contributed by atoms with Crippen molar-refractivity contribution in [3.05, 3.63) is 65.2 Å². The van der Waals surface area contributed by atoms with Gasteiger partial charge in [0.2, 0.25) is 5.96 Å². The molecule has 8 heteroatoms. The molecule has 2 aliphatic carbocycles. The predicted molar refractivity (Wildman–Crippen MR) is 157 cm³/mol. The average molecular weight is 528 g/mol. The monoisotopic (exact) mass is 527 g/mol. The molecule has 7 nitrogen and oxygen atoms in total. The van der Waals surface area contributed by atoms with Crippen LogP contribution < -0.4 is 16.1 Å². The second-order valence-corrected chi connectivity index (χ2v) is 12.7. The normalized spacial score (nSPS) is 23.6. The second kappa shape index (κ2) is 10.6. The third-order valence-electron chi connectivity index (χ3n) is 9.16. The highest BCUT2D eigenvalue weighted by Crippen LogP contribution is 2.42. The number of guanidine groups is 1. The van der Waals surface area contributed by atoms with Crippen LogP contribution in [0.3, 0.4) is 0 Å². The van der Waals surface area contributed by atoms with Crippen molar-refractivity contribution in [2.45, 2.75) is 95.0 Å². The Hall–Kier alpha value is -2.86. The minimum atomic E-state index is -0.354. The van der Waals surface area contributed by atoms with Crippen molar-refractivity contribution in [2.24, 2.45) is 4.99 Å². The summed E-state index contributed by atoms with van der Waals surface area (Å²) >= 11 is 0. The SMILES string of the molecule is CN(C)C(Cc1ccc(B2OC(C)(C)C(C)(C)O2)cc1)C1(NC(=NC2CCc3ccccc3C2)NC#N)CC1. The molecule has 5 rings (SSSR count). The Morgan fingerprint density at radius 3 is 2.28 bits per heavy atom. The fourth-order valence-corrected chi connectivity index (χ4v) is 5.92. The third-order valence-corrected chi connectivity index (χ3v) is 9.16. The van der Waals surface area contributed by atoms with Gasteiger partial charge in [0.15, 0.2) is 6.19 Å². The number of benzene rings is 2. The zero-order chi connectivity index (χ0) is 27.8. The summed E-state index contributed by atoms with van der Waals surface area (Å²) in [7, 11) is 3.92. The van der Waals surface area contributed by atoms with E-state index in [-0.39, 0.29) is 35.9 Å². The second-order valence-electron chi connectivity index (χ2n) is 12.7. The van der Waals surface area contributed by atoms with Gasteiger partial charge in [0.05, 0.1) is 22.8 Å². The molecular formula is C31H42BN5O2. The molecule has 2 atom stereocenters. The molecule has 2 fully saturated rings. The average Bonchev–Trinajstić information content (AvgIpc) is 3.62. The van der Waals surface area contributed by atoms with E-state index in [1.165, 1.54) is 16.7 Å². The fourth-order valence-electron chi connectivity index (χ4n) is 5.92. The fraction of sp³-hybridized carbons (Fsp3) is 0.548. The molecular weight excluding hydrogens is 485 g/mol. The Labute approximate surface area is 234 Å². The van der Waals surface area contributed by atoms with Crippen LogP contribution in [0.15, 0.2) is 53.5 Å². The number of aryl methyl sites for hydroxylation is 1. The van der Waals surface area contributed by atoms with Crippen LogP contribution in [0, 0.1) is 11.5 Å². The summed E-state index contributed by atoms with van der Waals surface area (Å²) in [5.41, 5.74) is 4.26. The van der Waals surface area contributed by atoms with Crippen LogP contribution in [0.1, 0.15) is 63.6 Å². The number of rotatable bonds is 7. The molecule has 2 aromatic carbocycles. The van der Waals surface area contributed by atoms with Gasteiger partial charge in [0.1, 0.15) is 0 Å². The van der Waals surface area contributed by atoms with Gasteiger partial charge in [-0.15, -0.1) is 0 Å². The number of likely N-dealkylation sites (N-methyl/N-ethyl adjacent to an activating group) is 1. The molecule has 0 bridgehead atoms. The highest BCUT2D eigenvalue weighted by molar-refractivity contribution is 6.62. The van der Waals surface area contributed by atoms with Crippen molar-refractivity contribution < 1.29 is 9.31 Å². The van der Waals surface area contributed by atoms with E-state index >= 15 is 0 Å². The predicted octanol–water partition coefficient (Wildman–Crippen LogP) is 3.56. The van der Waals surface area contributed by atoms with Gasteiger partial charge in [-0.3, -0.25) is 5.32 Å². The summed E-state index contributed by atoms with van der Waals surface area (Å²) in [5.74, 6) is 0.599. The lowest BCUT2D eigenvalue weighted by molar-refractivity contribution is 0.00578. The summed E-state index contributed by atoms with van der Waals surface area (Å²) in [4.78, 5) is 7.30. The lowest BCUT2D eigenvalue weighted by atomic mass is 9.78. The highest BCUT2D eigenvalue weighted by atomic mass is 16.7. The van der Waals surface area contributed by atoms with Crippen molar-refractivity contribution in [1.29, 1.82) is 5.26 Å². The van der Waals surface area contributed by atoms with Crippen LogP contribution in [0.2, 0.25) is 0 Å². The lowest BCUT2D eigenvalue weighted by Gasteiger charge is -2.34. The first-order valence-corrected chi connectivity index (χ1v) is 14.2. The van der Waals surface area contributed by atoms with E-state index < -0.39 is 0 Å². The van der Waals surface area contributed by atoms with E-state index in [1.54, 1.807) is 0 Å². The van der Waals surface area contributed by atoms with E-state index in [2.05, 4.69) is 112 Å². The highest BCUT2D eigenvalue weighted by Gasteiger charge is 2.52. The minimum absolute atomic E-state index is 0.122. The maximum absolute atomic E-state index is 9.49. The first kappa shape index (κ1) is 27.7. The Bertz CT molecular complexity index is 1230. The van der Waals surface area contributed by atoms with Gasteiger partial charge in [-0.25, -0.2) is 4.99 Å². The van der Waals surface area contributed by atoms with Crippen molar-refractivity contribution in [3.8, 4) is 6.19 Å². The van der Waals surface area contributed by atoms with Gasteiger partial charge in [0.25, 0.3) is 0 Å². The largest absolute Gasteiger partial charge is 0.494 e. The summed E-state index contributed by atoms with van der Waals surface area (Å²) in [6.45, 7) is 8.32. The van der Waals surface area contributed by atoms with Crippen LogP contribution in [-0.2, 0) is 28.6 Å². The number of hydrogen-bond acceptors (Lipinski definition) is 5. The quantitative estimate of drug-likeness (QED) is 0.189. The van der Waals surface area contributed by atoms with E-state index in [9.17, 15) is 5.26 Å². The standard InChI is InChI=1S/C31H42BN5O2/c1-29(2)30(3,4)39-32(38-29)25-14-11-22(12-15-25)19-27(37(5)6)31(17-18-31)36-28(34-21-33)35-26-16-13-23-9-7-8-10-24(23)20-26/h7-12,14-15,26-27H,13,16-20H2,1-6H3,(H2,34,35,36). The smallest absolute Gasteiger partial charge is 0.399 e. The molecule has 3 aliphatic rings. The van der Waals surface area contributed by atoms with Gasteiger partial charge < -0.3 is 19.5 Å². The number of fused-ring (bicyclic) bond motifs is 1. The number of nitrogens with zero attached hydrogens (tertiary/aromatic N) is 3. The Morgan fingerprint density at radius 2 is 1.69 bits per heavy atom. The van der Waals surface area contributed by atoms with Gasteiger partial charge in [0, 0.05) is 6.04 Å². The molecule has 1 heterocycles. The van der Waals surface area contributed by atoms with Crippen molar-refractivity contribution in [1.82, 2.24) is 15.5 Å². The van der Waals surface area contributed by atoms with E-state index in [0.717, 1.165) is 44.0 Å². The van der Waals surface area contributed by atoms with Crippen LogP contribution in [0.25, 0.3) is 0 Å². The molecule has 1 saturated carbocycles. The summed E-state index contributed by atoms with van der Waals surface area (Å²) in [5, 5.41) is 16.0. The third kappa shape index (κ3) is 5.86. The Morgan fingerprint density at radius 1 is 1.05 bits per heavy atom. The Balaban J connectivity index is 1.28. The number of nitriles is 1. The van der Waals surface area contributed by atoms with Crippen LogP contribution in [0.4, 0.5) is 0 Å². The maximum atomic E-state index is 9.49. The van der Waals surface area contributed by atoms with Crippen LogP contribution in [0.5, 0.6) is 0 Å². The summed E-state index contributed by atoms with van der Waals surface area (Å²) in [6.07, 6.45) is 8.01. The van der Waals surface area contributed by atoms with Crippen LogP contribution in [-0.4, -0.2) is 60.9 Å². The minimum Gasteiger partial charge on any atom is -0.399 e. The molecule has 2 aromatic rings. The summed E-state index contributed by atoms with van der Waals surface area (Å²) < 4.78 is 12.5. The molecule has 2 N–H and O–H groups in total. The van der Waals surface area contributed by atoms with Crippen molar-refractivity contribution in [2.75, 3.05) is 14.1 Å². The topological polar surface area (TPSA) is 81.9 Å². The zero-order valence-electron chi connectivity index (χ0n) is 24.3. The van der Waals surface area contributed by atoms with Gasteiger partial charge in [-0.1, -0.05) is 48.5 Å². The first-order chi connectivity index (χ1) is 18.5. The lowest BCUT2D eigenvalue weighted by Crippen LogP contribution is -2.55. The van der Waals surface area contributed by atoms with E-state index in [4.69, 9.17) is 14.3 Å². The van der Waals surface area contributed by atoms with Crippen LogP contribution >= 0.6 is 0 Å². The van der Waals surface area contributed by atoms with Gasteiger partial charge in [-0.05, 0) is 102 Å². The number of aliphatic imine (C=N–C) groups is 1. The van der Waals surface area contributed by atoms with Gasteiger partial charge in [-0.2, -0.15) is 5.26 Å². The number of hydrogen-bond donors (Lipinski definition) is 2. The molecule has 0 spiro atoms. The molecule has 0 aromatic heterocycles. The molecule has 2 unspecified atom stereocenters. The number of nitrogens with one attached hydrogen (secondary N) is 2. The molecule has 1 saturated heterocycles. The molecule has 0 radical (unpaired) electrons. The first-order valence-electron chi connectivity index (χ1n) is 14.2. The zero-order valence-corrected chi connectivity index (χ0v) is 24.3. The molecule has 39 heavy (non-hydrogen) atoms. The van der Waals surface area contributed by atoms with E-state index in [0.29, 0.717) is 5.96 Å². The summed E-state index contributed by atoms with van der Waals surface area (Å²) in [6, 6.07) is 17.7. The van der Waals surface area contributed by atoms with Crippen molar-refractivity contribution in [3.63, 3.8) is 0 Å². The maximum Gasteiger partial charge on any atom is 0.494 e. The molecule has 206 valence electrons.